The van der Waals surface area contributed by atoms with Gasteiger partial charge in [0, 0.05) is 34.5 Å². The molecule has 0 unspecified atom stereocenters. The standard InChI is InChI=1S/C30H28ClFN6O3/c31-22-6-4-21(24(32)13-22)17-41-29-3-1-2-25(36-29)19-8-10-37(11-9-19)16-28-35-26-7-5-20(30(39)40)12-27(26)38(28)15-23-14-33-18-34-23/h1-7,12-14,18-19H,8-11,15-17H2,(H,33,34)(H,39,40). The molecule has 210 valence electrons. The molecule has 0 spiro atoms. The smallest absolute Gasteiger partial charge is 0.335 e. The van der Waals surface area contributed by atoms with Gasteiger partial charge in [-0.15, -0.1) is 0 Å². The average Bonchev–Trinajstić information content (AvgIpc) is 3.61. The summed E-state index contributed by atoms with van der Waals surface area (Å²) < 4.78 is 22.0. The van der Waals surface area contributed by atoms with Crippen molar-refractivity contribution in [2.45, 2.75) is 38.5 Å². The van der Waals surface area contributed by atoms with Gasteiger partial charge in [-0.1, -0.05) is 23.7 Å². The fourth-order valence-corrected chi connectivity index (χ4v) is 5.42. The van der Waals surface area contributed by atoms with E-state index in [0.717, 1.165) is 54.2 Å². The van der Waals surface area contributed by atoms with Crippen molar-refractivity contribution in [2.24, 2.45) is 0 Å². The highest BCUT2D eigenvalue weighted by atomic mass is 35.5. The van der Waals surface area contributed by atoms with Crippen molar-refractivity contribution in [1.29, 1.82) is 0 Å². The van der Waals surface area contributed by atoms with Gasteiger partial charge in [-0.3, -0.25) is 4.90 Å². The molecule has 11 heteroatoms. The lowest BCUT2D eigenvalue weighted by atomic mass is 9.93. The van der Waals surface area contributed by atoms with E-state index in [0.29, 0.717) is 29.6 Å². The van der Waals surface area contributed by atoms with Crippen molar-refractivity contribution >= 4 is 28.6 Å². The molecule has 4 heterocycles. The van der Waals surface area contributed by atoms with E-state index in [1.165, 1.54) is 6.07 Å². The van der Waals surface area contributed by atoms with Crippen molar-refractivity contribution in [3.05, 3.63) is 106 Å². The number of imidazole rings is 2. The number of fused-ring (bicyclic) bond motifs is 1. The Balaban J connectivity index is 1.13. The van der Waals surface area contributed by atoms with Crippen LogP contribution in [0.5, 0.6) is 5.88 Å². The molecule has 9 nitrogen and oxygen atoms in total. The molecular weight excluding hydrogens is 547 g/mol. The number of hydrogen-bond donors (Lipinski definition) is 2. The summed E-state index contributed by atoms with van der Waals surface area (Å²) in [5.74, 6) is 0.251. The lowest BCUT2D eigenvalue weighted by molar-refractivity contribution is 0.0697. The second-order valence-corrected chi connectivity index (χ2v) is 10.6. The number of halogens is 2. The van der Waals surface area contributed by atoms with Crippen LogP contribution in [0.4, 0.5) is 4.39 Å². The van der Waals surface area contributed by atoms with Crippen LogP contribution in [0.1, 0.15) is 51.9 Å². The predicted molar refractivity (Wildman–Crippen MR) is 152 cm³/mol. The number of likely N-dealkylation sites (tertiary alicyclic amines) is 1. The summed E-state index contributed by atoms with van der Waals surface area (Å²) in [5.41, 5.74) is 4.08. The second-order valence-electron chi connectivity index (χ2n) is 10.2. The maximum atomic E-state index is 14.1. The fraction of sp³-hybridized carbons (Fsp3) is 0.267. The van der Waals surface area contributed by atoms with Gasteiger partial charge in [-0.05, 0) is 62.3 Å². The number of benzene rings is 2. The van der Waals surface area contributed by atoms with E-state index in [-0.39, 0.29) is 18.1 Å². The topological polar surface area (TPSA) is 109 Å². The molecule has 0 saturated carbocycles. The predicted octanol–water partition coefficient (Wildman–Crippen LogP) is 5.65. The third-order valence-corrected chi connectivity index (χ3v) is 7.70. The monoisotopic (exact) mass is 574 g/mol. The highest BCUT2D eigenvalue weighted by Gasteiger charge is 2.24. The van der Waals surface area contributed by atoms with Crippen molar-refractivity contribution in [3.8, 4) is 5.88 Å². The summed E-state index contributed by atoms with van der Waals surface area (Å²) in [6, 6.07) is 15.3. The van der Waals surface area contributed by atoms with E-state index in [1.54, 1.807) is 48.9 Å². The lowest BCUT2D eigenvalue weighted by Gasteiger charge is -2.31. The van der Waals surface area contributed by atoms with Crippen LogP contribution < -0.4 is 4.74 Å². The summed E-state index contributed by atoms with van der Waals surface area (Å²) in [6.07, 6.45) is 5.24. The highest BCUT2D eigenvalue weighted by Crippen LogP contribution is 2.29. The maximum Gasteiger partial charge on any atom is 0.335 e. The summed E-state index contributed by atoms with van der Waals surface area (Å²) in [5, 5.41) is 9.86. The Hall–Kier alpha value is -4.28. The SMILES string of the molecule is O=C(O)c1ccc2nc(CN3CCC(c4cccc(OCc5ccc(Cl)cc5F)n4)CC3)n(Cc3cnc[nH]3)c2c1. The third kappa shape index (κ3) is 6.08. The first-order valence-electron chi connectivity index (χ1n) is 13.4. The van der Waals surface area contributed by atoms with Crippen LogP contribution in [0.25, 0.3) is 11.0 Å². The minimum atomic E-state index is -0.968. The van der Waals surface area contributed by atoms with E-state index in [4.69, 9.17) is 26.3 Å². The number of aromatic amines is 1. The summed E-state index contributed by atoms with van der Waals surface area (Å²) in [6.45, 7) is 2.96. The molecule has 1 fully saturated rings. The lowest BCUT2D eigenvalue weighted by Crippen LogP contribution is -2.33. The molecule has 1 aliphatic rings. The van der Waals surface area contributed by atoms with E-state index in [1.807, 2.05) is 12.1 Å². The molecule has 0 amide bonds. The fourth-order valence-electron chi connectivity index (χ4n) is 5.26. The van der Waals surface area contributed by atoms with Crippen LogP contribution in [0, 0.1) is 5.82 Å². The number of carbonyl (C=O) groups is 1. The molecule has 0 aliphatic carbocycles. The number of ether oxygens (including phenoxy) is 1. The van der Waals surface area contributed by atoms with Crippen LogP contribution in [0.2, 0.25) is 5.02 Å². The largest absolute Gasteiger partial charge is 0.478 e. The number of rotatable bonds is 9. The number of pyridine rings is 1. The molecule has 41 heavy (non-hydrogen) atoms. The first-order chi connectivity index (χ1) is 19.9. The molecule has 0 radical (unpaired) electrons. The number of hydrogen-bond acceptors (Lipinski definition) is 6. The quantitative estimate of drug-likeness (QED) is 0.234. The van der Waals surface area contributed by atoms with Crippen LogP contribution in [-0.4, -0.2) is 53.6 Å². The Bertz CT molecular complexity index is 1680. The molecule has 1 saturated heterocycles. The zero-order valence-corrected chi connectivity index (χ0v) is 22.9. The van der Waals surface area contributed by atoms with Gasteiger partial charge < -0.3 is 19.4 Å². The minimum Gasteiger partial charge on any atom is -0.478 e. The Morgan fingerprint density at radius 3 is 2.71 bits per heavy atom. The first kappa shape index (κ1) is 26.9. The average molecular weight is 575 g/mol. The molecule has 2 aromatic carbocycles. The number of carboxylic acids is 1. The molecule has 5 aromatic rings. The first-order valence-corrected chi connectivity index (χ1v) is 13.8. The summed E-state index contributed by atoms with van der Waals surface area (Å²) >= 11 is 5.84. The Morgan fingerprint density at radius 1 is 1.10 bits per heavy atom. The normalized spacial score (nSPS) is 14.5. The molecule has 2 N–H and O–H groups in total. The molecule has 0 bridgehead atoms. The van der Waals surface area contributed by atoms with Crippen molar-refractivity contribution < 1.29 is 19.0 Å². The maximum absolute atomic E-state index is 14.1. The number of H-pyrrole nitrogens is 1. The van der Waals surface area contributed by atoms with Crippen LogP contribution in [0.15, 0.2) is 67.1 Å². The summed E-state index contributed by atoms with van der Waals surface area (Å²) in [4.78, 5) is 30.8. The number of nitrogens with one attached hydrogen (secondary N) is 1. The van der Waals surface area contributed by atoms with Crippen molar-refractivity contribution in [1.82, 2.24) is 29.4 Å². The van der Waals surface area contributed by atoms with Crippen LogP contribution >= 0.6 is 11.6 Å². The zero-order chi connectivity index (χ0) is 28.3. The van der Waals surface area contributed by atoms with Gasteiger partial charge in [0.25, 0.3) is 0 Å². The van der Waals surface area contributed by atoms with Crippen LogP contribution in [0.3, 0.4) is 0 Å². The Labute approximate surface area is 240 Å². The third-order valence-electron chi connectivity index (χ3n) is 7.46. The van der Waals surface area contributed by atoms with Gasteiger partial charge in [0.15, 0.2) is 0 Å². The Morgan fingerprint density at radius 2 is 1.95 bits per heavy atom. The highest BCUT2D eigenvalue weighted by molar-refractivity contribution is 6.30. The number of aromatic nitrogens is 5. The molecule has 0 atom stereocenters. The van der Waals surface area contributed by atoms with Gasteiger partial charge in [0.1, 0.15) is 18.2 Å². The number of aromatic carboxylic acids is 1. The van der Waals surface area contributed by atoms with E-state index in [9.17, 15) is 14.3 Å². The van der Waals surface area contributed by atoms with Crippen molar-refractivity contribution in [3.63, 3.8) is 0 Å². The van der Waals surface area contributed by atoms with Crippen LogP contribution in [-0.2, 0) is 19.7 Å². The second kappa shape index (κ2) is 11.7. The zero-order valence-electron chi connectivity index (χ0n) is 22.1. The molecule has 1 aliphatic heterocycles. The van der Waals surface area contributed by atoms with Gasteiger partial charge in [-0.25, -0.2) is 24.1 Å². The summed E-state index contributed by atoms with van der Waals surface area (Å²) in [7, 11) is 0. The number of nitrogens with zero attached hydrogens (tertiary/aromatic N) is 5. The van der Waals surface area contributed by atoms with Gasteiger partial charge in [-0.2, -0.15) is 0 Å². The van der Waals surface area contributed by atoms with E-state index in [2.05, 4.69) is 19.4 Å². The van der Waals surface area contributed by atoms with E-state index >= 15 is 0 Å². The molecular formula is C30H28ClFN6O3. The van der Waals surface area contributed by atoms with E-state index < -0.39 is 11.8 Å². The molecule has 6 rings (SSSR count). The number of carboxylic acid groups (broad SMARTS) is 1. The van der Waals surface area contributed by atoms with Gasteiger partial charge >= 0.3 is 5.97 Å². The Kier molecular flexibility index (Phi) is 7.67. The van der Waals surface area contributed by atoms with Gasteiger partial charge in [0.05, 0.1) is 41.7 Å². The van der Waals surface area contributed by atoms with Gasteiger partial charge in [0.2, 0.25) is 5.88 Å². The van der Waals surface area contributed by atoms with Crippen molar-refractivity contribution in [2.75, 3.05) is 13.1 Å². The molecule has 3 aromatic heterocycles. The minimum absolute atomic E-state index is 0.0748. The number of piperidine rings is 1.